The van der Waals surface area contributed by atoms with E-state index < -0.39 is 0 Å². The number of carbonyl (C=O) groups excluding carboxylic acids is 1. The topological polar surface area (TPSA) is 33.2 Å². The van der Waals surface area contributed by atoms with Gasteiger partial charge in [0.1, 0.15) is 5.82 Å². The van der Waals surface area contributed by atoms with Crippen LogP contribution in [0.1, 0.15) is 24.8 Å². The molecule has 0 bridgehead atoms. The molecule has 0 saturated carbocycles. The van der Waals surface area contributed by atoms with Gasteiger partial charge in [-0.1, -0.05) is 6.07 Å². The first-order chi connectivity index (χ1) is 10.7. The van der Waals surface area contributed by atoms with Crippen LogP contribution in [-0.4, -0.2) is 23.2 Å². The SMILES string of the molecule is C[C@@H](C(=O)N1CCCSc2ccc(F)cc21)c1cccnc1. The summed E-state index contributed by atoms with van der Waals surface area (Å²) in [5, 5.41) is 0. The second-order valence-corrected chi connectivity index (χ2v) is 6.45. The number of rotatable bonds is 2. The summed E-state index contributed by atoms with van der Waals surface area (Å²) in [6.45, 7) is 2.49. The van der Waals surface area contributed by atoms with Crippen molar-refractivity contribution in [1.82, 2.24) is 4.98 Å². The number of fused-ring (bicyclic) bond motifs is 1. The maximum absolute atomic E-state index is 13.6. The maximum atomic E-state index is 13.6. The Morgan fingerprint density at radius 1 is 1.41 bits per heavy atom. The zero-order valence-electron chi connectivity index (χ0n) is 12.3. The highest BCUT2D eigenvalue weighted by Crippen LogP contribution is 2.35. The van der Waals surface area contributed by atoms with Crippen LogP contribution < -0.4 is 4.90 Å². The third kappa shape index (κ3) is 2.99. The van der Waals surface area contributed by atoms with E-state index in [0.29, 0.717) is 12.2 Å². The minimum Gasteiger partial charge on any atom is -0.311 e. The monoisotopic (exact) mass is 316 g/mol. The molecule has 0 N–H and O–H groups in total. The van der Waals surface area contributed by atoms with Crippen LogP contribution in [0.4, 0.5) is 10.1 Å². The summed E-state index contributed by atoms with van der Waals surface area (Å²) in [4.78, 5) is 19.6. The summed E-state index contributed by atoms with van der Waals surface area (Å²) in [7, 11) is 0. The number of nitrogens with zero attached hydrogens (tertiary/aromatic N) is 2. The van der Waals surface area contributed by atoms with Gasteiger partial charge in [0.2, 0.25) is 5.91 Å². The predicted molar refractivity (Wildman–Crippen MR) is 86.7 cm³/mol. The number of amides is 1. The number of hydrogen-bond acceptors (Lipinski definition) is 3. The van der Waals surface area contributed by atoms with Crippen LogP contribution in [0.2, 0.25) is 0 Å². The van der Waals surface area contributed by atoms with Crippen molar-refractivity contribution in [1.29, 1.82) is 0 Å². The fraction of sp³-hybridized carbons (Fsp3) is 0.294. The highest BCUT2D eigenvalue weighted by atomic mass is 32.2. The largest absolute Gasteiger partial charge is 0.311 e. The molecule has 0 unspecified atom stereocenters. The van der Waals surface area contributed by atoms with E-state index in [2.05, 4.69) is 4.98 Å². The van der Waals surface area contributed by atoms with E-state index in [-0.39, 0.29) is 17.6 Å². The number of aromatic nitrogens is 1. The van der Waals surface area contributed by atoms with Crippen molar-refractivity contribution in [2.45, 2.75) is 24.2 Å². The molecule has 1 atom stereocenters. The second-order valence-electron chi connectivity index (χ2n) is 5.31. The lowest BCUT2D eigenvalue weighted by Gasteiger charge is -2.26. The summed E-state index contributed by atoms with van der Waals surface area (Å²) in [5.41, 5.74) is 1.56. The Morgan fingerprint density at radius 3 is 3.05 bits per heavy atom. The van der Waals surface area contributed by atoms with Crippen LogP contribution >= 0.6 is 11.8 Å². The number of thioether (sulfide) groups is 1. The van der Waals surface area contributed by atoms with E-state index in [1.807, 2.05) is 19.1 Å². The first kappa shape index (κ1) is 15.0. The first-order valence-corrected chi connectivity index (χ1v) is 8.29. The Kier molecular flexibility index (Phi) is 4.43. The van der Waals surface area contributed by atoms with Gasteiger partial charge in [0.25, 0.3) is 0 Å². The van der Waals surface area contributed by atoms with Crippen molar-refractivity contribution in [3.8, 4) is 0 Å². The van der Waals surface area contributed by atoms with Crippen molar-refractivity contribution in [2.24, 2.45) is 0 Å². The summed E-state index contributed by atoms with van der Waals surface area (Å²) in [6.07, 6.45) is 4.29. The predicted octanol–water partition coefficient (Wildman–Crippen LogP) is 3.85. The molecule has 0 radical (unpaired) electrons. The molecule has 5 heteroatoms. The number of benzene rings is 1. The highest BCUT2D eigenvalue weighted by molar-refractivity contribution is 7.99. The molecule has 1 aliphatic heterocycles. The second kappa shape index (κ2) is 6.48. The van der Waals surface area contributed by atoms with Crippen molar-refractivity contribution in [3.05, 3.63) is 54.1 Å². The van der Waals surface area contributed by atoms with Gasteiger partial charge < -0.3 is 4.90 Å². The Labute approximate surface area is 133 Å². The minimum absolute atomic E-state index is 0.0117. The van der Waals surface area contributed by atoms with E-state index in [4.69, 9.17) is 0 Å². The molecule has 114 valence electrons. The molecule has 3 nitrogen and oxygen atoms in total. The number of pyridine rings is 1. The molecule has 0 fully saturated rings. The zero-order valence-corrected chi connectivity index (χ0v) is 13.1. The molecule has 1 aromatic heterocycles. The Morgan fingerprint density at radius 2 is 2.27 bits per heavy atom. The van der Waals surface area contributed by atoms with Crippen LogP contribution in [0.5, 0.6) is 0 Å². The van der Waals surface area contributed by atoms with Gasteiger partial charge in [0, 0.05) is 23.8 Å². The third-order valence-corrected chi connectivity index (χ3v) is 4.97. The minimum atomic E-state index is -0.312. The number of anilines is 1. The highest BCUT2D eigenvalue weighted by Gasteiger charge is 2.26. The third-order valence-electron chi connectivity index (χ3n) is 3.82. The van der Waals surface area contributed by atoms with Crippen LogP contribution in [0.3, 0.4) is 0 Å². The Hall–Kier alpha value is -1.88. The van der Waals surface area contributed by atoms with E-state index in [0.717, 1.165) is 22.6 Å². The van der Waals surface area contributed by atoms with Gasteiger partial charge in [-0.05, 0) is 48.9 Å². The van der Waals surface area contributed by atoms with Gasteiger partial charge in [-0.2, -0.15) is 0 Å². The average molecular weight is 316 g/mol. The molecular weight excluding hydrogens is 299 g/mol. The van der Waals surface area contributed by atoms with Crippen LogP contribution in [0.25, 0.3) is 0 Å². The van der Waals surface area contributed by atoms with Gasteiger partial charge >= 0.3 is 0 Å². The van der Waals surface area contributed by atoms with E-state index in [1.54, 1.807) is 35.1 Å². The van der Waals surface area contributed by atoms with Crippen molar-refractivity contribution < 1.29 is 9.18 Å². The Bertz CT molecular complexity index is 678. The molecule has 2 heterocycles. The van der Waals surface area contributed by atoms with Crippen LogP contribution in [0, 0.1) is 5.82 Å². The normalized spacial score (nSPS) is 15.8. The molecule has 1 amide bonds. The fourth-order valence-electron chi connectivity index (χ4n) is 2.59. The summed E-state index contributed by atoms with van der Waals surface area (Å²) >= 11 is 1.67. The molecule has 1 aromatic carbocycles. The summed E-state index contributed by atoms with van der Waals surface area (Å²) < 4.78 is 13.6. The van der Waals surface area contributed by atoms with Gasteiger partial charge in [-0.25, -0.2) is 4.39 Å². The van der Waals surface area contributed by atoms with Crippen molar-refractivity contribution >= 4 is 23.4 Å². The molecule has 0 spiro atoms. The molecule has 0 saturated heterocycles. The fourth-order valence-corrected chi connectivity index (χ4v) is 3.56. The average Bonchev–Trinajstić information content (AvgIpc) is 2.76. The smallest absolute Gasteiger partial charge is 0.234 e. The molecular formula is C17H17FN2OS. The first-order valence-electron chi connectivity index (χ1n) is 7.30. The van der Waals surface area contributed by atoms with Gasteiger partial charge in [-0.15, -0.1) is 11.8 Å². The molecule has 0 aliphatic carbocycles. The summed E-state index contributed by atoms with van der Waals surface area (Å²) in [5.74, 6) is 0.312. The van der Waals surface area contributed by atoms with Crippen LogP contribution in [0.15, 0.2) is 47.6 Å². The lowest BCUT2D eigenvalue weighted by Crippen LogP contribution is -2.35. The zero-order chi connectivity index (χ0) is 15.5. The molecule has 1 aliphatic rings. The lowest BCUT2D eigenvalue weighted by molar-refractivity contribution is -0.119. The van der Waals surface area contributed by atoms with E-state index in [1.165, 1.54) is 12.1 Å². The molecule has 2 aromatic rings. The number of carbonyl (C=O) groups is 1. The molecule has 22 heavy (non-hydrogen) atoms. The summed E-state index contributed by atoms with van der Waals surface area (Å²) in [6, 6.07) is 8.39. The van der Waals surface area contributed by atoms with Gasteiger partial charge in [-0.3, -0.25) is 9.78 Å². The van der Waals surface area contributed by atoms with Crippen LogP contribution in [-0.2, 0) is 4.79 Å². The maximum Gasteiger partial charge on any atom is 0.234 e. The quantitative estimate of drug-likeness (QED) is 0.843. The van der Waals surface area contributed by atoms with E-state index >= 15 is 0 Å². The number of halogens is 1. The lowest BCUT2D eigenvalue weighted by atomic mass is 10.0. The molecule has 3 rings (SSSR count). The van der Waals surface area contributed by atoms with Gasteiger partial charge in [0.05, 0.1) is 11.6 Å². The van der Waals surface area contributed by atoms with Crippen molar-refractivity contribution in [3.63, 3.8) is 0 Å². The van der Waals surface area contributed by atoms with Gasteiger partial charge in [0.15, 0.2) is 0 Å². The van der Waals surface area contributed by atoms with E-state index in [9.17, 15) is 9.18 Å². The van der Waals surface area contributed by atoms with Crippen molar-refractivity contribution in [2.75, 3.05) is 17.2 Å². The number of hydrogen-bond donors (Lipinski definition) is 0. The Balaban J connectivity index is 1.94. The standard InChI is InChI=1S/C17H17FN2OS/c1-12(13-4-2-7-19-11-13)17(21)20-8-3-9-22-16-6-5-14(18)10-15(16)20/h2,4-7,10-12H,3,8-9H2,1H3/t12-/m1/s1.